The molecule has 0 bridgehead atoms. The van der Waals surface area contributed by atoms with E-state index < -0.39 is 11.9 Å². The van der Waals surface area contributed by atoms with Crippen molar-refractivity contribution in [1.82, 2.24) is 19.9 Å². The molecule has 11 heteroatoms. The Kier molecular flexibility index (Phi) is 8.95. The lowest BCUT2D eigenvalue weighted by molar-refractivity contribution is -0.134. The highest BCUT2D eigenvalue weighted by Gasteiger charge is 2.23. The van der Waals surface area contributed by atoms with E-state index in [4.69, 9.17) is 30.9 Å². The summed E-state index contributed by atoms with van der Waals surface area (Å²) in [5, 5.41) is 26.2. The number of aliphatic carboxylic acids is 2. The number of hydrogen-bond acceptors (Lipinski definition) is 7. The van der Waals surface area contributed by atoms with Crippen LogP contribution in [-0.4, -0.2) is 42.0 Å². The summed E-state index contributed by atoms with van der Waals surface area (Å²) in [4.78, 5) is 23.2. The van der Waals surface area contributed by atoms with Crippen LogP contribution in [0.3, 0.4) is 0 Å². The van der Waals surface area contributed by atoms with Crippen molar-refractivity contribution in [3.8, 4) is 0 Å². The molecular weight excluding hydrogens is 488 g/mol. The van der Waals surface area contributed by atoms with Gasteiger partial charge < -0.3 is 23.8 Å². The van der Waals surface area contributed by atoms with Gasteiger partial charge in [0.15, 0.2) is 11.2 Å². The second kappa shape index (κ2) is 12.3. The van der Waals surface area contributed by atoms with Gasteiger partial charge in [0.1, 0.15) is 5.69 Å². The summed E-state index contributed by atoms with van der Waals surface area (Å²) in [7, 11) is 0. The summed E-state index contributed by atoms with van der Waals surface area (Å²) >= 11 is 6.07. The number of aromatic nitrogens is 4. The standard InChI is InChI=1S/C14H14ClN3O.C7H5NO.C4H4O4/c1-9(2)14(18-6-5-16-8-18)13-11-7-10(15)3-4-12(11)19-17-13;1-2-4-7-6(3-1)5-8-9-7;5-3(6)1-2-4(7)8/h3-9,14H,1-2H3;1-5H;1-2H,(H,5,6)(H,7,8)/b;;2-1-. The quantitative estimate of drug-likeness (QED) is 0.294. The van der Waals surface area contributed by atoms with Crippen LogP contribution in [0.1, 0.15) is 25.6 Å². The zero-order valence-corrected chi connectivity index (χ0v) is 20.1. The van der Waals surface area contributed by atoms with Gasteiger partial charge in [-0.1, -0.05) is 47.9 Å². The highest BCUT2D eigenvalue weighted by molar-refractivity contribution is 6.31. The van der Waals surface area contributed by atoms with Gasteiger partial charge in [0.25, 0.3) is 0 Å². The minimum atomic E-state index is -1.26. The van der Waals surface area contributed by atoms with E-state index in [0.717, 1.165) is 27.6 Å². The van der Waals surface area contributed by atoms with E-state index in [1.165, 1.54) is 0 Å². The first-order valence-electron chi connectivity index (χ1n) is 10.7. The maximum Gasteiger partial charge on any atom is 0.328 e. The van der Waals surface area contributed by atoms with E-state index in [-0.39, 0.29) is 6.04 Å². The lowest BCUT2D eigenvalue weighted by Gasteiger charge is -2.20. The van der Waals surface area contributed by atoms with E-state index >= 15 is 0 Å². The third-order valence-corrected chi connectivity index (χ3v) is 5.08. The molecular formula is C25H23ClN4O6. The van der Waals surface area contributed by atoms with Crippen molar-refractivity contribution in [2.75, 3.05) is 0 Å². The third kappa shape index (κ3) is 7.03. The van der Waals surface area contributed by atoms with Gasteiger partial charge >= 0.3 is 11.9 Å². The predicted octanol–water partition coefficient (Wildman–Crippen LogP) is 5.46. The molecule has 0 saturated carbocycles. The van der Waals surface area contributed by atoms with E-state index in [0.29, 0.717) is 23.1 Å². The zero-order chi connectivity index (χ0) is 26.1. The van der Waals surface area contributed by atoms with Crippen LogP contribution < -0.4 is 0 Å². The Morgan fingerprint density at radius 1 is 1.03 bits per heavy atom. The molecule has 5 rings (SSSR count). The highest BCUT2D eigenvalue weighted by Crippen LogP contribution is 2.32. The number of carboxylic acids is 2. The SMILES string of the molecule is CC(C)C(c1noc2ccc(Cl)cc12)n1ccnc1.O=C(O)/C=C\C(=O)O.c1ccc2oncc2c1. The number of halogens is 1. The Hall–Kier alpha value is -4.44. The van der Waals surface area contributed by atoms with Gasteiger partial charge in [0.05, 0.1) is 18.6 Å². The number of benzene rings is 2. The zero-order valence-electron chi connectivity index (χ0n) is 19.4. The maximum atomic E-state index is 9.55. The molecule has 0 aliphatic rings. The van der Waals surface area contributed by atoms with Gasteiger partial charge in [0.2, 0.25) is 0 Å². The van der Waals surface area contributed by atoms with Crippen LogP contribution in [0.15, 0.2) is 88.6 Å². The Labute approximate surface area is 210 Å². The van der Waals surface area contributed by atoms with Crippen LogP contribution >= 0.6 is 11.6 Å². The number of rotatable bonds is 5. The van der Waals surface area contributed by atoms with Crippen molar-refractivity contribution >= 4 is 45.5 Å². The Bertz CT molecular complexity index is 1410. The summed E-state index contributed by atoms with van der Waals surface area (Å²) in [5.74, 6) is -2.15. The molecule has 0 fully saturated rings. The Balaban J connectivity index is 0.000000176. The molecule has 1 unspecified atom stereocenters. The average molecular weight is 511 g/mol. The van der Waals surface area contributed by atoms with Crippen molar-refractivity contribution in [2.24, 2.45) is 5.92 Å². The van der Waals surface area contributed by atoms with Gasteiger partial charge in [-0.15, -0.1) is 0 Å². The molecule has 2 aromatic carbocycles. The van der Waals surface area contributed by atoms with Gasteiger partial charge in [-0.2, -0.15) is 0 Å². The average Bonchev–Trinajstić information content (AvgIpc) is 3.60. The summed E-state index contributed by atoms with van der Waals surface area (Å²) in [6, 6.07) is 13.4. The van der Waals surface area contributed by atoms with Gasteiger partial charge in [-0.3, -0.25) is 0 Å². The van der Waals surface area contributed by atoms with Crippen LogP contribution in [0.5, 0.6) is 0 Å². The summed E-state index contributed by atoms with van der Waals surface area (Å²) < 4.78 is 12.3. The molecule has 2 N–H and O–H groups in total. The summed E-state index contributed by atoms with van der Waals surface area (Å²) in [5.41, 5.74) is 2.49. The molecule has 0 aliphatic heterocycles. The molecule has 3 heterocycles. The monoisotopic (exact) mass is 510 g/mol. The fourth-order valence-electron chi connectivity index (χ4n) is 3.33. The molecule has 0 spiro atoms. The number of carbonyl (C=O) groups is 2. The normalized spacial score (nSPS) is 11.7. The minimum absolute atomic E-state index is 0.0854. The number of fused-ring (bicyclic) bond motifs is 2. The molecule has 5 aromatic rings. The lowest BCUT2D eigenvalue weighted by Crippen LogP contribution is -2.15. The molecule has 3 aromatic heterocycles. The van der Waals surface area contributed by atoms with Crippen molar-refractivity contribution < 1.29 is 28.8 Å². The Morgan fingerprint density at radius 2 is 1.75 bits per heavy atom. The van der Waals surface area contributed by atoms with Gasteiger partial charge in [0, 0.05) is 40.3 Å². The van der Waals surface area contributed by atoms with E-state index in [1.54, 1.807) is 24.8 Å². The molecule has 1 atom stereocenters. The first kappa shape index (κ1) is 26.2. The van der Waals surface area contributed by atoms with Crippen LogP contribution in [0, 0.1) is 5.92 Å². The second-order valence-corrected chi connectivity index (χ2v) is 8.22. The van der Waals surface area contributed by atoms with Crippen LogP contribution in [-0.2, 0) is 9.59 Å². The number of hydrogen-bond donors (Lipinski definition) is 2. The second-order valence-electron chi connectivity index (χ2n) is 7.78. The first-order valence-corrected chi connectivity index (χ1v) is 11.1. The minimum Gasteiger partial charge on any atom is -0.478 e. The highest BCUT2D eigenvalue weighted by atomic mass is 35.5. The van der Waals surface area contributed by atoms with Gasteiger partial charge in [-0.25, -0.2) is 14.6 Å². The summed E-state index contributed by atoms with van der Waals surface area (Å²) in [6.07, 6.45) is 8.33. The van der Waals surface area contributed by atoms with E-state index in [1.807, 2.05) is 47.2 Å². The molecule has 10 nitrogen and oxygen atoms in total. The number of nitrogens with zero attached hydrogens (tertiary/aromatic N) is 4. The number of carboxylic acid groups (broad SMARTS) is 2. The third-order valence-electron chi connectivity index (χ3n) is 4.85. The van der Waals surface area contributed by atoms with E-state index in [2.05, 4.69) is 29.1 Å². The van der Waals surface area contributed by atoms with Crippen LogP contribution in [0.4, 0.5) is 0 Å². The van der Waals surface area contributed by atoms with Crippen LogP contribution in [0.25, 0.3) is 21.9 Å². The molecule has 0 amide bonds. The first-order chi connectivity index (χ1) is 17.3. The smallest absolute Gasteiger partial charge is 0.328 e. The van der Waals surface area contributed by atoms with Crippen molar-refractivity contribution in [1.29, 1.82) is 0 Å². The van der Waals surface area contributed by atoms with Gasteiger partial charge in [-0.05, 0) is 36.2 Å². The molecule has 0 saturated heterocycles. The largest absolute Gasteiger partial charge is 0.478 e. The molecule has 36 heavy (non-hydrogen) atoms. The van der Waals surface area contributed by atoms with Crippen molar-refractivity contribution in [2.45, 2.75) is 19.9 Å². The lowest BCUT2D eigenvalue weighted by atomic mass is 9.98. The summed E-state index contributed by atoms with van der Waals surface area (Å²) in [6.45, 7) is 4.30. The van der Waals surface area contributed by atoms with E-state index in [9.17, 15) is 9.59 Å². The number of para-hydroxylation sites is 1. The van der Waals surface area contributed by atoms with Crippen LogP contribution in [0.2, 0.25) is 5.02 Å². The molecule has 0 radical (unpaired) electrons. The van der Waals surface area contributed by atoms with Crippen molar-refractivity contribution in [3.05, 3.63) is 90.3 Å². The van der Waals surface area contributed by atoms with Crippen molar-refractivity contribution in [3.63, 3.8) is 0 Å². The Morgan fingerprint density at radius 3 is 2.36 bits per heavy atom. The fourth-order valence-corrected chi connectivity index (χ4v) is 3.50. The predicted molar refractivity (Wildman–Crippen MR) is 133 cm³/mol. The topological polar surface area (TPSA) is 144 Å². The fraction of sp³-hybridized carbons (Fsp3) is 0.160. The maximum absolute atomic E-state index is 9.55. The molecule has 186 valence electrons. The molecule has 0 aliphatic carbocycles. The number of imidazole rings is 1.